The Bertz CT molecular complexity index is 836. The summed E-state index contributed by atoms with van der Waals surface area (Å²) in [5.74, 6) is -0.112. The highest BCUT2D eigenvalue weighted by Crippen LogP contribution is 2.47. The molecule has 3 atom stereocenters. The monoisotopic (exact) mass is 372 g/mol. The molecule has 4 nitrogen and oxygen atoms in total. The summed E-state index contributed by atoms with van der Waals surface area (Å²) in [6.45, 7) is 6.03. The topological polar surface area (TPSA) is 24.3 Å². The van der Waals surface area contributed by atoms with Crippen LogP contribution in [0.1, 0.15) is 35.6 Å². The average molecular weight is 372 g/mol. The molecule has 4 aliphatic rings. The van der Waals surface area contributed by atoms with Crippen molar-refractivity contribution in [3.63, 3.8) is 0 Å². The smallest absolute Gasteiger partial charge is 0.126 e. The first-order chi connectivity index (χ1) is 13.0. The lowest BCUT2D eigenvalue weighted by molar-refractivity contribution is -0.00876. The number of benzene rings is 1. The summed E-state index contributed by atoms with van der Waals surface area (Å²) in [7, 11) is 1.97. The number of hydrogen-bond acceptors (Lipinski definition) is 3. The van der Waals surface area contributed by atoms with Crippen LogP contribution in [0.4, 0.5) is 8.78 Å². The van der Waals surface area contributed by atoms with Crippen LogP contribution in [0.15, 0.2) is 24.4 Å². The molecule has 4 aliphatic heterocycles. The van der Waals surface area contributed by atoms with Crippen molar-refractivity contribution in [2.24, 2.45) is 13.0 Å². The van der Waals surface area contributed by atoms with Gasteiger partial charge in [-0.3, -0.25) is 14.5 Å². The summed E-state index contributed by atoms with van der Waals surface area (Å²) in [6.07, 6.45) is 4.42. The average Bonchev–Trinajstić information content (AvgIpc) is 3.19. The van der Waals surface area contributed by atoms with Crippen LogP contribution in [0.3, 0.4) is 0 Å². The zero-order valence-corrected chi connectivity index (χ0v) is 15.9. The molecule has 144 valence electrons. The number of nitrogens with zero attached hydrogens (tertiary/aromatic N) is 4. The van der Waals surface area contributed by atoms with Gasteiger partial charge in [-0.05, 0) is 56.5 Å². The van der Waals surface area contributed by atoms with E-state index in [0.29, 0.717) is 18.0 Å². The van der Waals surface area contributed by atoms with E-state index in [0.717, 1.165) is 37.8 Å². The van der Waals surface area contributed by atoms with E-state index in [-0.39, 0.29) is 5.92 Å². The fraction of sp³-hybridized carbons (Fsp3) is 0.571. The maximum atomic E-state index is 13.9. The quantitative estimate of drug-likeness (QED) is 0.828. The van der Waals surface area contributed by atoms with Gasteiger partial charge in [0.1, 0.15) is 11.6 Å². The maximum absolute atomic E-state index is 13.9. The van der Waals surface area contributed by atoms with E-state index in [9.17, 15) is 8.78 Å². The van der Waals surface area contributed by atoms with E-state index in [2.05, 4.69) is 21.8 Å². The normalized spacial score (nSPS) is 32.8. The number of aromatic nitrogens is 2. The lowest BCUT2D eigenvalue weighted by atomic mass is 9.75. The highest BCUT2D eigenvalue weighted by atomic mass is 19.1. The lowest BCUT2D eigenvalue weighted by Gasteiger charge is -2.51. The van der Waals surface area contributed by atoms with Gasteiger partial charge in [0.05, 0.1) is 6.20 Å². The van der Waals surface area contributed by atoms with Gasteiger partial charge < -0.3 is 0 Å². The predicted molar refractivity (Wildman–Crippen MR) is 99.3 cm³/mol. The first kappa shape index (κ1) is 17.3. The largest absolute Gasteiger partial charge is 0.298 e. The molecule has 0 aliphatic carbocycles. The number of aryl methyl sites for hydroxylation is 1. The molecular formula is C21H26F2N4. The van der Waals surface area contributed by atoms with Crippen molar-refractivity contribution in [3.8, 4) is 0 Å². The minimum atomic E-state index is -0.473. The molecular weight excluding hydrogens is 346 g/mol. The van der Waals surface area contributed by atoms with Crippen LogP contribution in [-0.4, -0.2) is 51.3 Å². The van der Waals surface area contributed by atoms with Crippen molar-refractivity contribution in [1.29, 1.82) is 0 Å². The van der Waals surface area contributed by atoms with Gasteiger partial charge in [0.2, 0.25) is 0 Å². The van der Waals surface area contributed by atoms with Crippen molar-refractivity contribution in [2.75, 3.05) is 19.6 Å². The first-order valence-corrected chi connectivity index (χ1v) is 9.93. The predicted octanol–water partition coefficient (Wildman–Crippen LogP) is 3.07. The molecule has 6 rings (SSSR count). The molecule has 1 aromatic carbocycles. The van der Waals surface area contributed by atoms with E-state index in [4.69, 9.17) is 0 Å². The van der Waals surface area contributed by atoms with E-state index >= 15 is 0 Å². The molecule has 0 amide bonds. The van der Waals surface area contributed by atoms with Gasteiger partial charge in [0.15, 0.2) is 0 Å². The molecule has 4 saturated heterocycles. The zero-order valence-electron chi connectivity index (χ0n) is 15.9. The van der Waals surface area contributed by atoms with Gasteiger partial charge in [-0.25, -0.2) is 8.78 Å². The fourth-order valence-electron chi connectivity index (χ4n) is 5.72. The van der Waals surface area contributed by atoms with Crippen molar-refractivity contribution >= 4 is 0 Å². The molecule has 0 spiro atoms. The molecule has 0 radical (unpaired) electrons. The Morgan fingerprint density at radius 2 is 1.78 bits per heavy atom. The number of piperidine rings is 3. The van der Waals surface area contributed by atoms with Crippen LogP contribution in [-0.2, 0) is 13.6 Å². The van der Waals surface area contributed by atoms with Crippen LogP contribution < -0.4 is 0 Å². The summed E-state index contributed by atoms with van der Waals surface area (Å²) in [5.41, 5.74) is 3.24. The van der Waals surface area contributed by atoms with E-state index < -0.39 is 11.6 Å². The lowest BCUT2D eigenvalue weighted by Crippen LogP contribution is -2.60. The number of rotatable bonds is 3. The van der Waals surface area contributed by atoms with Gasteiger partial charge in [-0.1, -0.05) is 0 Å². The number of fused-ring (bicyclic) bond motifs is 2. The minimum Gasteiger partial charge on any atom is -0.298 e. The highest BCUT2D eigenvalue weighted by molar-refractivity contribution is 5.29. The first-order valence-electron chi connectivity index (χ1n) is 9.93. The summed E-state index contributed by atoms with van der Waals surface area (Å²) in [5, 5.41) is 4.39. The second kappa shape index (κ2) is 6.38. The van der Waals surface area contributed by atoms with Gasteiger partial charge >= 0.3 is 0 Å². The molecule has 0 N–H and O–H groups in total. The van der Waals surface area contributed by atoms with Crippen molar-refractivity contribution in [1.82, 2.24) is 19.6 Å². The summed E-state index contributed by atoms with van der Waals surface area (Å²) in [6, 6.07) is 4.86. The number of likely N-dealkylation sites (tertiary alicyclic amines) is 1. The maximum Gasteiger partial charge on any atom is 0.126 e. The molecule has 6 heteroatoms. The fourth-order valence-corrected chi connectivity index (χ4v) is 5.72. The molecule has 0 saturated carbocycles. The Morgan fingerprint density at radius 1 is 1.07 bits per heavy atom. The standard InChI is InChI=1S/C21H26F2N4/c1-13-16(10-24-25(13)2)11-27-12-19(15-7-17(22)9-18(23)8-15)21-20(27)14-3-5-26(21)6-4-14/h7-10,14,19-21H,3-6,11-12H2,1-2H3/t19-,20+,21+/m0/s1. The molecule has 1 aromatic heterocycles. The molecule has 5 heterocycles. The van der Waals surface area contributed by atoms with Crippen LogP contribution in [0.5, 0.6) is 0 Å². The van der Waals surface area contributed by atoms with Crippen LogP contribution in [0.2, 0.25) is 0 Å². The van der Waals surface area contributed by atoms with Crippen molar-refractivity contribution in [3.05, 3.63) is 52.9 Å². The highest BCUT2D eigenvalue weighted by Gasteiger charge is 2.53. The zero-order chi connectivity index (χ0) is 18.7. The summed E-state index contributed by atoms with van der Waals surface area (Å²) in [4.78, 5) is 5.12. The van der Waals surface area contributed by atoms with Gasteiger partial charge in [0.25, 0.3) is 0 Å². The van der Waals surface area contributed by atoms with Crippen LogP contribution in [0.25, 0.3) is 0 Å². The number of halogens is 2. The van der Waals surface area contributed by atoms with Gasteiger partial charge in [0, 0.05) is 55.5 Å². The van der Waals surface area contributed by atoms with E-state index in [1.165, 1.54) is 36.2 Å². The van der Waals surface area contributed by atoms with E-state index in [1.54, 1.807) is 0 Å². The van der Waals surface area contributed by atoms with Crippen molar-refractivity contribution in [2.45, 2.75) is 44.3 Å². The minimum absolute atomic E-state index is 0.153. The Balaban J connectivity index is 1.50. The molecule has 2 bridgehead atoms. The molecule has 0 unspecified atom stereocenters. The summed E-state index contributed by atoms with van der Waals surface area (Å²) < 4.78 is 29.7. The van der Waals surface area contributed by atoms with Crippen LogP contribution >= 0.6 is 0 Å². The van der Waals surface area contributed by atoms with Gasteiger partial charge in [-0.2, -0.15) is 5.10 Å². The molecule has 4 fully saturated rings. The van der Waals surface area contributed by atoms with Crippen molar-refractivity contribution < 1.29 is 8.78 Å². The second-order valence-corrected chi connectivity index (χ2v) is 8.47. The molecule has 27 heavy (non-hydrogen) atoms. The third kappa shape index (κ3) is 2.81. The SMILES string of the molecule is Cc1c(CN2C[C@@H](c3cc(F)cc(F)c3)[C@@H]3[C@H]2C2CCN3CC2)cnn1C. The number of hydrogen-bond donors (Lipinski definition) is 0. The molecule has 2 aromatic rings. The second-order valence-electron chi connectivity index (χ2n) is 8.47. The third-order valence-electron chi connectivity index (χ3n) is 7.12. The van der Waals surface area contributed by atoms with E-state index in [1.807, 2.05) is 17.9 Å². The van der Waals surface area contributed by atoms with Gasteiger partial charge in [-0.15, -0.1) is 0 Å². The third-order valence-corrected chi connectivity index (χ3v) is 7.12. The Morgan fingerprint density at radius 3 is 2.41 bits per heavy atom. The Kier molecular flexibility index (Phi) is 4.09. The Labute approximate surface area is 158 Å². The van der Waals surface area contributed by atoms with Crippen LogP contribution in [0, 0.1) is 24.5 Å². The summed E-state index contributed by atoms with van der Waals surface area (Å²) >= 11 is 0. The Hall–Kier alpha value is -1.79.